The van der Waals surface area contributed by atoms with E-state index in [1.54, 1.807) is 10.9 Å². The van der Waals surface area contributed by atoms with E-state index in [1.807, 2.05) is 31.2 Å². The summed E-state index contributed by atoms with van der Waals surface area (Å²) in [4.78, 5) is 12.2. The maximum atomic E-state index is 13.3. The van der Waals surface area contributed by atoms with Gasteiger partial charge in [0.25, 0.3) is 5.91 Å². The van der Waals surface area contributed by atoms with Crippen LogP contribution in [0.25, 0.3) is 0 Å². The van der Waals surface area contributed by atoms with Gasteiger partial charge in [0.05, 0.1) is 29.0 Å². The van der Waals surface area contributed by atoms with E-state index in [2.05, 4.69) is 10.4 Å². The number of carbonyl (C=O) groups is 1. The van der Waals surface area contributed by atoms with Crippen LogP contribution < -0.4 is 5.32 Å². The van der Waals surface area contributed by atoms with Gasteiger partial charge in [0.2, 0.25) is 0 Å². The summed E-state index contributed by atoms with van der Waals surface area (Å²) in [6.45, 7) is 2.55. The lowest BCUT2D eigenvalue weighted by atomic mass is 10.1. The molecule has 7 heteroatoms. The molecule has 3 rings (SSSR count). The third-order valence-corrected chi connectivity index (χ3v) is 3.89. The van der Waals surface area contributed by atoms with E-state index in [1.165, 1.54) is 6.20 Å². The molecule has 0 aliphatic heterocycles. The second-order valence-corrected chi connectivity index (χ2v) is 6.02. The van der Waals surface area contributed by atoms with Gasteiger partial charge in [-0.1, -0.05) is 41.4 Å². The fourth-order valence-electron chi connectivity index (χ4n) is 2.41. The van der Waals surface area contributed by atoms with Crippen LogP contribution in [0.3, 0.4) is 0 Å². The fourth-order valence-corrected chi connectivity index (χ4v) is 2.64. The quantitative estimate of drug-likeness (QED) is 0.699. The standard InChI is InChI=1S/C18H14ClF2N3O/c1-11-3-2-4-12(5-11)9-24-10-13(8-22-24)23-18(25)14-6-16(20)17(21)7-15(14)19/h2-8,10H,9H2,1H3,(H,23,25). The molecular formula is C18H14ClF2N3O. The zero-order chi connectivity index (χ0) is 18.0. The molecule has 1 amide bonds. The van der Waals surface area contributed by atoms with E-state index in [0.717, 1.165) is 23.3 Å². The Hall–Kier alpha value is -2.73. The Bertz CT molecular complexity index is 940. The topological polar surface area (TPSA) is 46.9 Å². The number of aromatic nitrogens is 2. The van der Waals surface area contributed by atoms with Crippen molar-refractivity contribution in [3.63, 3.8) is 0 Å². The van der Waals surface area contributed by atoms with Gasteiger partial charge in [-0.15, -0.1) is 0 Å². The van der Waals surface area contributed by atoms with E-state index in [4.69, 9.17) is 11.6 Å². The maximum absolute atomic E-state index is 13.3. The summed E-state index contributed by atoms with van der Waals surface area (Å²) in [5, 5.41) is 6.58. The monoisotopic (exact) mass is 361 g/mol. The predicted octanol–water partition coefficient (Wildman–Crippen LogP) is 4.42. The molecule has 0 unspecified atom stereocenters. The van der Waals surface area contributed by atoms with Crippen LogP contribution in [0.5, 0.6) is 0 Å². The van der Waals surface area contributed by atoms with Crippen molar-refractivity contribution in [3.8, 4) is 0 Å². The molecule has 0 atom stereocenters. The summed E-state index contributed by atoms with van der Waals surface area (Å²) < 4.78 is 28.1. The van der Waals surface area contributed by atoms with Crippen molar-refractivity contribution in [2.75, 3.05) is 5.32 Å². The molecule has 25 heavy (non-hydrogen) atoms. The molecule has 1 heterocycles. The van der Waals surface area contributed by atoms with Gasteiger partial charge in [-0.3, -0.25) is 9.48 Å². The normalized spacial score (nSPS) is 10.7. The van der Waals surface area contributed by atoms with Gasteiger partial charge in [-0.2, -0.15) is 5.10 Å². The van der Waals surface area contributed by atoms with E-state index in [-0.39, 0.29) is 10.6 Å². The number of rotatable bonds is 4. The first-order valence-corrected chi connectivity index (χ1v) is 7.84. The molecule has 0 radical (unpaired) electrons. The molecule has 0 fully saturated rings. The van der Waals surface area contributed by atoms with E-state index < -0.39 is 17.5 Å². The third kappa shape index (κ3) is 4.03. The summed E-state index contributed by atoms with van der Waals surface area (Å²) >= 11 is 5.80. The first kappa shape index (κ1) is 17.1. The highest BCUT2D eigenvalue weighted by Gasteiger charge is 2.15. The number of nitrogens with zero attached hydrogens (tertiary/aromatic N) is 2. The second-order valence-electron chi connectivity index (χ2n) is 5.62. The summed E-state index contributed by atoms with van der Waals surface area (Å²) in [5.74, 6) is -2.88. The van der Waals surface area contributed by atoms with Crippen LogP contribution in [-0.2, 0) is 6.54 Å². The molecule has 0 aliphatic carbocycles. The molecule has 0 spiro atoms. The van der Waals surface area contributed by atoms with Crippen molar-refractivity contribution in [2.45, 2.75) is 13.5 Å². The number of benzene rings is 2. The number of halogens is 3. The first-order chi connectivity index (χ1) is 11.9. The van der Waals surface area contributed by atoms with Crippen molar-refractivity contribution in [1.82, 2.24) is 9.78 Å². The van der Waals surface area contributed by atoms with Crippen molar-refractivity contribution < 1.29 is 13.6 Å². The number of hydrogen-bond acceptors (Lipinski definition) is 2. The Balaban J connectivity index is 1.73. The average molecular weight is 362 g/mol. The van der Waals surface area contributed by atoms with Crippen molar-refractivity contribution in [1.29, 1.82) is 0 Å². The SMILES string of the molecule is Cc1cccc(Cn2cc(NC(=O)c3cc(F)c(F)cc3Cl)cn2)c1. The Morgan fingerprint density at radius 3 is 2.76 bits per heavy atom. The summed E-state index contributed by atoms with van der Waals surface area (Å²) in [6, 6.07) is 9.53. The molecule has 1 aromatic heterocycles. The third-order valence-electron chi connectivity index (χ3n) is 3.57. The van der Waals surface area contributed by atoms with Gasteiger partial charge in [-0.05, 0) is 24.6 Å². The summed E-state index contributed by atoms with van der Waals surface area (Å²) in [7, 11) is 0. The largest absolute Gasteiger partial charge is 0.319 e. The Labute approximate surface area is 148 Å². The number of aryl methyl sites for hydroxylation is 1. The molecule has 2 aromatic carbocycles. The number of nitrogens with one attached hydrogen (secondary N) is 1. The molecule has 1 N–H and O–H groups in total. The van der Waals surface area contributed by atoms with Gasteiger partial charge in [0, 0.05) is 6.20 Å². The van der Waals surface area contributed by atoms with Crippen LogP contribution >= 0.6 is 11.6 Å². The molecule has 0 saturated carbocycles. The molecule has 0 aliphatic rings. The van der Waals surface area contributed by atoms with Crippen molar-refractivity contribution in [3.05, 3.63) is 82.1 Å². The van der Waals surface area contributed by atoms with Crippen LogP contribution in [0.15, 0.2) is 48.8 Å². The minimum Gasteiger partial charge on any atom is -0.319 e. The molecular weight excluding hydrogens is 348 g/mol. The molecule has 0 saturated heterocycles. The van der Waals surface area contributed by atoms with Gasteiger partial charge in [0.1, 0.15) is 0 Å². The molecule has 4 nitrogen and oxygen atoms in total. The van der Waals surface area contributed by atoms with Gasteiger partial charge in [-0.25, -0.2) is 8.78 Å². The summed E-state index contributed by atoms with van der Waals surface area (Å²) in [6.07, 6.45) is 3.12. The second kappa shape index (κ2) is 7.03. The highest BCUT2D eigenvalue weighted by Crippen LogP contribution is 2.21. The number of amides is 1. The number of carbonyl (C=O) groups excluding carboxylic acids is 1. The van der Waals surface area contributed by atoms with Gasteiger partial charge in [0.15, 0.2) is 11.6 Å². The lowest BCUT2D eigenvalue weighted by molar-refractivity contribution is 0.102. The smallest absolute Gasteiger partial charge is 0.257 e. The lowest BCUT2D eigenvalue weighted by Gasteiger charge is -2.06. The van der Waals surface area contributed by atoms with Crippen LogP contribution in [0.4, 0.5) is 14.5 Å². The average Bonchev–Trinajstić information content (AvgIpc) is 2.97. The zero-order valence-corrected chi connectivity index (χ0v) is 14.0. The van der Waals surface area contributed by atoms with Gasteiger partial charge >= 0.3 is 0 Å². The number of anilines is 1. The highest BCUT2D eigenvalue weighted by molar-refractivity contribution is 6.34. The predicted molar refractivity (Wildman–Crippen MR) is 91.8 cm³/mol. The Kier molecular flexibility index (Phi) is 4.81. The molecule has 3 aromatic rings. The van der Waals surface area contributed by atoms with Crippen LogP contribution in [0.2, 0.25) is 5.02 Å². The van der Waals surface area contributed by atoms with Gasteiger partial charge < -0.3 is 5.32 Å². The van der Waals surface area contributed by atoms with Crippen molar-refractivity contribution in [2.24, 2.45) is 0 Å². The lowest BCUT2D eigenvalue weighted by Crippen LogP contribution is -2.13. The first-order valence-electron chi connectivity index (χ1n) is 7.46. The molecule has 0 bridgehead atoms. The minimum absolute atomic E-state index is 0.146. The Morgan fingerprint density at radius 2 is 2.00 bits per heavy atom. The van der Waals surface area contributed by atoms with Crippen LogP contribution in [0.1, 0.15) is 21.5 Å². The fraction of sp³-hybridized carbons (Fsp3) is 0.111. The minimum atomic E-state index is -1.13. The van der Waals surface area contributed by atoms with E-state index in [9.17, 15) is 13.6 Å². The van der Waals surface area contributed by atoms with E-state index in [0.29, 0.717) is 12.2 Å². The van der Waals surface area contributed by atoms with Crippen molar-refractivity contribution >= 4 is 23.2 Å². The van der Waals surface area contributed by atoms with Crippen LogP contribution in [-0.4, -0.2) is 15.7 Å². The Morgan fingerprint density at radius 1 is 1.24 bits per heavy atom. The zero-order valence-electron chi connectivity index (χ0n) is 13.3. The summed E-state index contributed by atoms with van der Waals surface area (Å²) in [5.41, 5.74) is 2.50. The number of hydrogen-bond donors (Lipinski definition) is 1. The molecule has 128 valence electrons. The maximum Gasteiger partial charge on any atom is 0.257 e. The highest BCUT2D eigenvalue weighted by atomic mass is 35.5. The van der Waals surface area contributed by atoms with E-state index >= 15 is 0 Å². The van der Waals surface area contributed by atoms with Crippen LogP contribution in [0, 0.1) is 18.6 Å².